The van der Waals surface area contributed by atoms with E-state index in [9.17, 15) is 4.79 Å². The van der Waals surface area contributed by atoms with E-state index in [1.165, 1.54) is 0 Å². The van der Waals surface area contributed by atoms with Crippen molar-refractivity contribution in [3.8, 4) is 0 Å². The maximum absolute atomic E-state index is 11.7. The second-order valence-corrected chi connectivity index (χ2v) is 6.85. The molecule has 2 aliphatic rings. The molecule has 0 radical (unpaired) electrons. The van der Waals surface area contributed by atoms with Gasteiger partial charge in [0.25, 0.3) is 0 Å². The molecule has 0 saturated carbocycles. The number of ether oxygens (including phenoxy) is 2. The van der Waals surface area contributed by atoms with Gasteiger partial charge in [-0.25, -0.2) is 4.79 Å². The predicted molar refractivity (Wildman–Crippen MR) is 97.7 cm³/mol. The smallest absolute Gasteiger partial charge is 0.409 e. The fourth-order valence-corrected chi connectivity index (χ4v) is 3.21. The van der Waals surface area contributed by atoms with Gasteiger partial charge in [0.1, 0.15) is 0 Å². The first-order chi connectivity index (χ1) is 12.1. The lowest BCUT2D eigenvalue weighted by atomic mass is 10.1. The number of nitrogens with two attached hydrogens (primary N) is 1. The molecule has 0 aromatic heterocycles. The molecule has 0 aliphatic carbocycles. The van der Waals surface area contributed by atoms with Crippen molar-refractivity contribution in [3.05, 3.63) is 0 Å². The number of aliphatic imine (C=N–C) groups is 1. The minimum Gasteiger partial charge on any atom is -0.450 e. The Morgan fingerprint density at radius 2 is 2.00 bits per heavy atom. The lowest BCUT2D eigenvalue weighted by Gasteiger charge is -2.32. The van der Waals surface area contributed by atoms with Gasteiger partial charge in [-0.05, 0) is 25.7 Å². The number of nitrogens with zero attached hydrogens (tertiary/aromatic N) is 3. The third kappa shape index (κ3) is 7.07. The molecule has 2 aliphatic heterocycles. The maximum Gasteiger partial charge on any atom is 0.409 e. The van der Waals surface area contributed by atoms with Crippen molar-refractivity contribution in [1.29, 1.82) is 0 Å². The summed E-state index contributed by atoms with van der Waals surface area (Å²) in [5.74, 6) is 0.965. The Morgan fingerprint density at radius 3 is 2.64 bits per heavy atom. The van der Waals surface area contributed by atoms with E-state index < -0.39 is 0 Å². The van der Waals surface area contributed by atoms with Crippen LogP contribution in [0.25, 0.3) is 0 Å². The molecule has 1 unspecified atom stereocenters. The van der Waals surface area contributed by atoms with E-state index in [2.05, 4.69) is 22.1 Å². The zero-order valence-electron chi connectivity index (χ0n) is 15.6. The van der Waals surface area contributed by atoms with Crippen LogP contribution in [-0.4, -0.2) is 87.0 Å². The fraction of sp³-hybridized carbons (Fsp3) is 0.882. The Bertz CT molecular complexity index is 432. The van der Waals surface area contributed by atoms with Crippen LogP contribution >= 0.6 is 0 Å². The van der Waals surface area contributed by atoms with Gasteiger partial charge in [-0.2, -0.15) is 0 Å². The van der Waals surface area contributed by atoms with Gasteiger partial charge in [-0.1, -0.05) is 6.92 Å². The predicted octanol–water partition coefficient (Wildman–Crippen LogP) is 0.480. The first kappa shape index (κ1) is 19.8. The first-order valence-electron chi connectivity index (χ1n) is 9.36. The highest BCUT2D eigenvalue weighted by molar-refractivity contribution is 5.78. The maximum atomic E-state index is 11.7. The van der Waals surface area contributed by atoms with Crippen LogP contribution in [-0.2, 0) is 9.47 Å². The summed E-state index contributed by atoms with van der Waals surface area (Å²) in [6, 6.07) is 0.268. The second kappa shape index (κ2) is 10.5. The minimum absolute atomic E-state index is 0.223. The minimum atomic E-state index is -0.223. The van der Waals surface area contributed by atoms with Crippen molar-refractivity contribution < 1.29 is 14.3 Å². The number of carbonyl (C=O) groups is 1. The molecule has 0 spiro atoms. The summed E-state index contributed by atoms with van der Waals surface area (Å²) >= 11 is 0. The fourth-order valence-electron chi connectivity index (χ4n) is 3.21. The average molecular weight is 355 g/mol. The summed E-state index contributed by atoms with van der Waals surface area (Å²) in [6.45, 7) is 11.2. The van der Waals surface area contributed by atoms with E-state index in [1.54, 1.807) is 4.90 Å². The molecular weight excluding hydrogens is 322 g/mol. The highest BCUT2D eigenvalue weighted by Crippen LogP contribution is 2.11. The third-order valence-corrected chi connectivity index (χ3v) is 4.62. The van der Waals surface area contributed by atoms with E-state index in [-0.39, 0.29) is 12.1 Å². The number of guanidine groups is 1. The number of piperidine rings is 1. The summed E-state index contributed by atoms with van der Waals surface area (Å²) in [7, 11) is 0. The normalized spacial score (nSPS) is 21.8. The van der Waals surface area contributed by atoms with E-state index in [0.29, 0.717) is 31.6 Å². The Kier molecular flexibility index (Phi) is 8.27. The molecule has 2 rings (SSSR count). The van der Waals surface area contributed by atoms with Gasteiger partial charge in [0.05, 0.1) is 19.8 Å². The highest BCUT2D eigenvalue weighted by Gasteiger charge is 2.23. The zero-order chi connectivity index (χ0) is 18.1. The molecule has 0 aromatic carbocycles. The Morgan fingerprint density at radius 1 is 1.32 bits per heavy atom. The second-order valence-electron chi connectivity index (χ2n) is 6.85. The summed E-state index contributed by atoms with van der Waals surface area (Å²) in [6.07, 6.45) is 1.50. The van der Waals surface area contributed by atoms with Crippen molar-refractivity contribution in [2.75, 3.05) is 59.1 Å². The molecule has 2 heterocycles. The Hall–Kier alpha value is -1.54. The van der Waals surface area contributed by atoms with Crippen LogP contribution in [0.3, 0.4) is 0 Å². The molecule has 2 saturated heterocycles. The van der Waals surface area contributed by atoms with Crippen molar-refractivity contribution in [1.82, 2.24) is 15.1 Å². The number of morpholine rings is 1. The van der Waals surface area contributed by atoms with Gasteiger partial charge in [0.15, 0.2) is 5.96 Å². The standard InChI is InChI=1S/C17H33N5O3/c1-3-25-17(23)22-6-4-15(5-7-22)20-16(18)19-12-14(2)13-21-8-10-24-11-9-21/h14-15H,3-13H2,1-2H3,(H3,18,19,20). The number of nitrogens with one attached hydrogen (secondary N) is 1. The van der Waals surface area contributed by atoms with E-state index in [4.69, 9.17) is 15.2 Å². The molecular formula is C17H33N5O3. The number of hydrogen-bond acceptors (Lipinski definition) is 5. The number of carbonyl (C=O) groups excluding carboxylic acids is 1. The molecule has 1 amide bonds. The van der Waals surface area contributed by atoms with Crippen LogP contribution in [0.5, 0.6) is 0 Å². The van der Waals surface area contributed by atoms with Crippen LogP contribution < -0.4 is 11.1 Å². The number of hydrogen-bond donors (Lipinski definition) is 2. The Labute approximate surface area is 150 Å². The van der Waals surface area contributed by atoms with E-state index in [1.807, 2.05) is 6.92 Å². The summed E-state index contributed by atoms with van der Waals surface area (Å²) in [5, 5.41) is 3.28. The molecule has 8 heteroatoms. The van der Waals surface area contributed by atoms with Gasteiger partial charge < -0.3 is 25.4 Å². The van der Waals surface area contributed by atoms with Crippen LogP contribution in [0, 0.1) is 5.92 Å². The molecule has 8 nitrogen and oxygen atoms in total. The van der Waals surface area contributed by atoms with Crippen LogP contribution in [0.1, 0.15) is 26.7 Å². The van der Waals surface area contributed by atoms with Crippen molar-refractivity contribution >= 4 is 12.1 Å². The molecule has 144 valence electrons. The first-order valence-corrected chi connectivity index (χ1v) is 9.36. The average Bonchev–Trinajstić information content (AvgIpc) is 2.62. The molecule has 1 atom stereocenters. The Balaban J connectivity index is 1.64. The SMILES string of the molecule is CCOC(=O)N1CCC(NC(N)=NCC(C)CN2CCOCC2)CC1. The highest BCUT2D eigenvalue weighted by atomic mass is 16.6. The molecule has 0 aromatic rings. The van der Waals surface area contributed by atoms with Crippen molar-refractivity contribution in [3.63, 3.8) is 0 Å². The van der Waals surface area contributed by atoms with Crippen molar-refractivity contribution in [2.45, 2.75) is 32.7 Å². The van der Waals surface area contributed by atoms with Gasteiger partial charge in [-0.3, -0.25) is 9.89 Å². The monoisotopic (exact) mass is 355 g/mol. The van der Waals surface area contributed by atoms with E-state index in [0.717, 1.165) is 52.2 Å². The molecule has 3 N–H and O–H groups in total. The van der Waals surface area contributed by atoms with Crippen molar-refractivity contribution in [2.24, 2.45) is 16.6 Å². The van der Waals surface area contributed by atoms with Crippen LogP contribution in [0.15, 0.2) is 4.99 Å². The quantitative estimate of drug-likeness (QED) is 0.532. The molecule has 2 fully saturated rings. The number of rotatable bonds is 6. The summed E-state index contributed by atoms with van der Waals surface area (Å²) in [4.78, 5) is 20.3. The van der Waals surface area contributed by atoms with Crippen LogP contribution in [0.4, 0.5) is 4.79 Å². The third-order valence-electron chi connectivity index (χ3n) is 4.62. The number of likely N-dealkylation sites (tertiary alicyclic amines) is 1. The molecule has 25 heavy (non-hydrogen) atoms. The van der Waals surface area contributed by atoms with Gasteiger partial charge >= 0.3 is 6.09 Å². The molecule has 0 bridgehead atoms. The zero-order valence-corrected chi connectivity index (χ0v) is 15.6. The topological polar surface area (TPSA) is 92.4 Å². The van der Waals surface area contributed by atoms with Gasteiger partial charge in [-0.15, -0.1) is 0 Å². The lowest BCUT2D eigenvalue weighted by molar-refractivity contribution is 0.0323. The van der Waals surface area contributed by atoms with Crippen LogP contribution in [0.2, 0.25) is 0 Å². The van der Waals surface area contributed by atoms with Gasteiger partial charge in [0, 0.05) is 45.3 Å². The summed E-state index contributed by atoms with van der Waals surface area (Å²) < 4.78 is 10.4. The van der Waals surface area contributed by atoms with Gasteiger partial charge in [0.2, 0.25) is 0 Å². The van der Waals surface area contributed by atoms with E-state index >= 15 is 0 Å². The largest absolute Gasteiger partial charge is 0.450 e. The lowest BCUT2D eigenvalue weighted by Crippen LogP contribution is -2.48. The number of amides is 1. The summed E-state index contributed by atoms with van der Waals surface area (Å²) in [5.41, 5.74) is 6.03.